The zero-order valence-corrected chi connectivity index (χ0v) is 20.2. The maximum absolute atomic E-state index is 13.0. The summed E-state index contributed by atoms with van der Waals surface area (Å²) >= 11 is 12.7. The molecular weight excluding hydrogens is 489 g/mol. The number of aromatic nitrogens is 3. The predicted molar refractivity (Wildman–Crippen MR) is 127 cm³/mol. The van der Waals surface area contributed by atoms with Crippen LogP contribution < -0.4 is 4.90 Å². The number of sulfonamides is 1. The number of carbonyl (C=O) groups is 1. The molecule has 1 aliphatic rings. The average Bonchev–Trinajstić information content (AvgIpc) is 3.35. The van der Waals surface area contributed by atoms with E-state index in [0.717, 1.165) is 23.9 Å². The van der Waals surface area contributed by atoms with E-state index in [1.54, 1.807) is 36.7 Å². The first-order valence-electron chi connectivity index (χ1n) is 10.4. The lowest BCUT2D eigenvalue weighted by Crippen LogP contribution is -2.47. The van der Waals surface area contributed by atoms with Gasteiger partial charge in [0.2, 0.25) is 10.0 Å². The van der Waals surface area contributed by atoms with Crippen molar-refractivity contribution in [3.05, 3.63) is 47.0 Å². The summed E-state index contributed by atoms with van der Waals surface area (Å²) in [5, 5.41) is 1.48. The van der Waals surface area contributed by atoms with Crippen molar-refractivity contribution in [1.82, 2.24) is 18.8 Å². The van der Waals surface area contributed by atoms with Crippen molar-refractivity contribution in [3.8, 4) is 5.69 Å². The van der Waals surface area contributed by atoms with Gasteiger partial charge in [-0.3, -0.25) is 4.79 Å². The number of ether oxygens (including phenoxy) is 1. The smallest absolute Gasteiger partial charge is 0.294 e. The number of hydrogen-bond donors (Lipinski definition) is 0. The Morgan fingerprint density at radius 2 is 2.12 bits per heavy atom. The van der Waals surface area contributed by atoms with E-state index in [4.69, 9.17) is 27.9 Å². The van der Waals surface area contributed by atoms with Gasteiger partial charge in [0.1, 0.15) is 5.82 Å². The van der Waals surface area contributed by atoms with Crippen LogP contribution in [0.25, 0.3) is 16.6 Å². The molecule has 0 radical (unpaired) electrons. The van der Waals surface area contributed by atoms with E-state index in [2.05, 4.69) is 9.97 Å². The van der Waals surface area contributed by atoms with Crippen molar-refractivity contribution in [2.45, 2.75) is 25.5 Å². The molecule has 1 fully saturated rings. The lowest BCUT2D eigenvalue weighted by molar-refractivity contribution is -0.140. The van der Waals surface area contributed by atoms with Gasteiger partial charge in [0, 0.05) is 44.0 Å². The molecule has 0 saturated carbocycles. The van der Waals surface area contributed by atoms with Crippen LogP contribution in [0.2, 0.25) is 10.0 Å². The molecule has 9 nitrogen and oxygen atoms in total. The number of hydrogen-bond acceptors (Lipinski definition) is 7. The van der Waals surface area contributed by atoms with Crippen LogP contribution in [0.4, 0.5) is 5.82 Å². The molecular formula is C21H23Cl2N5O4S. The lowest BCUT2D eigenvalue weighted by Gasteiger charge is -2.33. The van der Waals surface area contributed by atoms with Gasteiger partial charge in [0.05, 0.1) is 33.3 Å². The van der Waals surface area contributed by atoms with E-state index in [-0.39, 0.29) is 12.3 Å². The molecule has 1 aliphatic heterocycles. The lowest BCUT2D eigenvalue weighted by atomic mass is 10.1. The highest BCUT2D eigenvalue weighted by Gasteiger charge is 2.33. The number of pyridine rings is 1. The average molecular weight is 512 g/mol. The number of fused-ring (bicyclic) bond motifs is 1. The Morgan fingerprint density at radius 1 is 1.30 bits per heavy atom. The van der Waals surface area contributed by atoms with Crippen LogP contribution in [-0.2, 0) is 19.6 Å². The maximum atomic E-state index is 13.0. The molecule has 0 N–H and O–H groups in total. The topological polar surface area (TPSA) is 97.6 Å². The first kappa shape index (κ1) is 23.7. The Bertz CT molecular complexity index is 1250. The summed E-state index contributed by atoms with van der Waals surface area (Å²) < 4.78 is 34.1. The molecule has 1 saturated heterocycles. The minimum atomic E-state index is -3.65. The van der Waals surface area contributed by atoms with Gasteiger partial charge in [-0.2, -0.15) is 4.31 Å². The second kappa shape index (κ2) is 9.84. The van der Waals surface area contributed by atoms with Crippen LogP contribution in [0.3, 0.4) is 0 Å². The highest BCUT2D eigenvalue weighted by atomic mass is 35.5. The van der Waals surface area contributed by atoms with Gasteiger partial charge in [0.25, 0.3) is 6.47 Å². The fourth-order valence-electron chi connectivity index (χ4n) is 3.89. The summed E-state index contributed by atoms with van der Waals surface area (Å²) in [5.74, 6) is 0.371. The normalized spacial score (nSPS) is 17.2. The summed E-state index contributed by atoms with van der Waals surface area (Å²) in [7, 11) is -1.89. The fraction of sp³-hybridized carbons (Fsp3) is 0.381. The summed E-state index contributed by atoms with van der Waals surface area (Å²) in [6, 6.07) is 5.39. The van der Waals surface area contributed by atoms with Gasteiger partial charge in [-0.1, -0.05) is 23.2 Å². The molecule has 2 aromatic heterocycles. The number of rotatable bonds is 8. The Hall–Kier alpha value is -2.40. The molecule has 0 spiro atoms. The van der Waals surface area contributed by atoms with Crippen LogP contribution in [0.1, 0.15) is 19.3 Å². The number of imidazole rings is 1. The second-order valence-corrected chi connectivity index (χ2v) is 10.6. The predicted octanol–water partition coefficient (Wildman–Crippen LogP) is 3.48. The van der Waals surface area contributed by atoms with Crippen molar-refractivity contribution < 1.29 is 17.9 Å². The van der Waals surface area contributed by atoms with E-state index < -0.39 is 16.3 Å². The zero-order chi connectivity index (χ0) is 23.6. The molecule has 3 aromatic rings. The maximum Gasteiger partial charge on any atom is 0.294 e. The molecule has 3 heterocycles. The first-order valence-corrected chi connectivity index (χ1v) is 12.7. The molecule has 33 heavy (non-hydrogen) atoms. The molecule has 4 rings (SSSR count). The van der Waals surface area contributed by atoms with E-state index in [1.165, 1.54) is 4.31 Å². The van der Waals surface area contributed by atoms with E-state index in [1.807, 2.05) is 16.7 Å². The quantitative estimate of drug-likeness (QED) is 0.427. The molecule has 12 heteroatoms. The Morgan fingerprint density at radius 3 is 2.85 bits per heavy atom. The van der Waals surface area contributed by atoms with E-state index in [0.29, 0.717) is 40.8 Å². The summed E-state index contributed by atoms with van der Waals surface area (Å²) in [6.45, 7) is 0.806. The SMILES string of the molecule is CN(CCS(=O)(=O)N1CCCCC1OC=O)c1cc(-n2ccnc2)c2ccc(Cl)c(Cl)c2n1. The van der Waals surface area contributed by atoms with Gasteiger partial charge in [-0.15, -0.1) is 0 Å². The number of nitrogens with zero attached hydrogens (tertiary/aromatic N) is 5. The molecule has 0 bridgehead atoms. The summed E-state index contributed by atoms with van der Waals surface area (Å²) in [4.78, 5) is 21.3. The zero-order valence-electron chi connectivity index (χ0n) is 17.9. The van der Waals surface area contributed by atoms with Crippen LogP contribution in [0.15, 0.2) is 36.9 Å². The standard InChI is InChI=1S/C21H23Cl2N5O4S/c1-26(10-11-33(30,31)28-8-3-2-4-19(28)32-14-29)18-12-17(27-9-7-24-13-27)15-5-6-16(22)20(23)21(15)25-18/h5-7,9,12-14,19H,2-4,8,10-11H2,1H3. The van der Waals surface area contributed by atoms with Gasteiger partial charge < -0.3 is 14.2 Å². The molecule has 1 unspecified atom stereocenters. The van der Waals surface area contributed by atoms with Gasteiger partial charge in [0.15, 0.2) is 6.23 Å². The second-order valence-electron chi connectivity index (χ2n) is 7.76. The van der Waals surface area contributed by atoms with Crippen LogP contribution in [-0.4, -0.2) is 65.8 Å². The number of piperidine rings is 1. The van der Waals surface area contributed by atoms with Gasteiger partial charge in [-0.05, 0) is 31.4 Å². The van der Waals surface area contributed by atoms with E-state index >= 15 is 0 Å². The van der Waals surface area contributed by atoms with Gasteiger partial charge in [-0.25, -0.2) is 18.4 Å². The largest absolute Gasteiger partial charge is 0.448 e. The summed E-state index contributed by atoms with van der Waals surface area (Å²) in [6.07, 6.45) is 6.41. The number of benzene rings is 1. The highest BCUT2D eigenvalue weighted by Crippen LogP contribution is 2.34. The molecule has 1 aromatic carbocycles. The number of halogens is 2. The Balaban J connectivity index is 1.62. The van der Waals surface area contributed by atoms with Crippen LogP contribution >= 0.6 is 23.2 Å². The highest BCUT2D eigenvalue weighted by molar-refractivity contribution is 7.89. The van der Waals surface area contributed by atoms with E-state index in [9.17, 15) is 13.2 Å². The first-order chi connectivity index (χ1) is 15.8. The third-order valence-corrected chi connectivity index (χ3v) is 8.29. The van der Waals surface area contributed by atoms with Crippen LogP contribution in [0.5, 0.6) is 0 Å². The third kappa shape index (κ3) is 4.93. The third-order valence-electron chi connectivity index (χ3n) is 5.67. The Labute approximate surface area is 201 Å². The number of carbonyl (C=O) groups excluding carboxylic acids is 1. The molecule has 1 atom stereocenters. The van der Waals surface area contributed by atoms with Crippen molar-refractivity contribution in [1.29, 1.82) is 0 Å². The van der Waals surface area contributed by atoms with Crippen molar-refractivity contribution in [2.24, 2.45) is 0 Å². The van der Waals surface area contributed by atoms with Gasteiger partial charge >= 0.3 is 0 Å². The van der Waals surface area contributed by atoms with Crippen LogP contribution in [0, 0.1) is 0 Å². The minimum Gasteiger partial charge on any atom is -0.448 e. The molecule has 176 valence electrons. The minimum absolute atomic E-state index is 0.161. The Kier molecular flexibility index (Phi) is 7.08. The van der Waals surface area contributed by atoms with Crippen molar-refractivity contribution in [2.75, 3.05) is 30.8 Å². The fourth-order valence-corrected chi connectivity index (χ4v) is 5.91. The van der Waals surface area contributed by atoms with Crippen molar-refractivity contribution in [3.63, 3.8) is 0 Å². The number of anilines is 1. The molecule has 0 amide bonds. The summed E-state index contributed by atoms with van der Waals surface area (Å²) in [5.41, 5.74) is 1.30. The van der Waals surface area contributed by atoms with Crippen molar-refractivity contribution >= 4 is 56.4 Å². The monoisotopic (exact) mass is 511 g/mol. The molecule has 0 aliphatic carbocycles.